The number of hydrogen-bond donors (Lipinski definition) is 1. The summed E-state index contributed by atoms with van der Waals surface area (Å²) in [6, 6.07) is 0. The van der Waals surface area contributed by atoms with Crippen molar-refractivity contribution in [3.63, 3.8) is 0 Å². The molecule has 3 heterocycles. The summed E-state index contributed by atoms with van der Waals surface area (Å²) in [4.78, 5) is 14.4. The highest BCUT2D eigenvalue weighted by molar-refractivity contribution is 5.68. The average molecular weight is 410 g/mol. The monoisotopic (exact) mass is 409 g/mol. The molecule has 7 nitrogen and oxygen atoms in total. The van der Waals surface area contributed by atoms with Crippen molar-refractivity contribution in [1.29, 1.82) is 0 Å². The molecule has 4 rings (SSSR count). The standard InChI is InChI=1S/C22H35NO6/c1-14(2)5-6-17-21(3,29-17)19-18(26-4)16(7-10-22(19)13-27-22)28-20(25)23-11-8-15(24)9-12-23/h5,15-19,24H,6-13H2,1-4H3. The number of methoxy groups -OCH3 is 1. The van der Waals surface area contributed by atoms with E-state index in [1.165, 1.54) is 5.57 Å². The number of carbonyl (C=O) groups excluding carboxylic acids is 1. The molecule has 1 spiro atoms. The summed E-state index contributed by atoms with van der Waals surface area (Å²) in [5.74, 6) is 0.0327. The Bertz CT molecular complexity index is 650. The van der Waals surface area contributed by atoms with Crippen molar-refractivity contribution in [1.82, 2.24) is 4.90 Å². The largest absolute Gasteiger partial charge is 0.443 e. The van der Waals surface area contributed by atoms with Crippen molar-refractivity contribution in [3.05, 3.63) is 11.6 Å². The van der Waals surface area contributed by atoms with Gasteiger partial charge in [0, 0.05) is 20.2 Å². The second kappa shape index (κ2) is 7.84. The number of aliphatic hydroxyl groups is 1. The number of likely N-dealkylation sites (tertiary alicyclic amines) is 1. The Morgan fingerprint density at radius 2 is 1.97 bits per heavy atom. The Hall–Kier alpha value is -1.15. The van der Waals surface area contributed by atoms with Crippen LogP contribution in [0, 0.1) is 5.92 Å². The lowest BCUT2D eigenvalue weighted by atomic mass is 9.68. The predicted octanol–water partition coefficient (Wildman–Crippen LogP) is 2.66. The Balaban J connectivity index is 1.45. The normalized spacial score (nSPS) is 41.9. The molecule has 0 radical (unpaired) electrons. The summed E-state index contributed by atoms with van der Waals surface area (Å²) < 4.78 is 24.0. The summed E-state index contributed by atoms with van der Waals surface area (Å²) in [6.07, 6.45) is 4.81. The van der Waals surface area contributed by atoms with E-state index < -0.39 is 0 Å². The molecule has 1 saturated carbocycles. The van der Waals surface area contributed by atoms with E-state index in [9.17, 15) is 9.90 Å². The van der Waals surface area contributed by atoms with Gasteiger partial charge in [-0.05, 0) is 52.9 Å². The molecule has 3 aliphatic heterocycles. The van der Waals surface area contributed by atoms with Crippen LogP contribution in [0.4, 0.5) is 4.79 Å². The lowest BCUT2D eigenvalue weighted by Crippen LogP contribution is -2.56. The summed E-state index contributed by atoms with van der Waals surface area (Å²) >= 11 is 0. The summed E-state index contributed by atoms with van der Waals surface area (Å²) in [6.45, 7) is 8.12. The first-order chi connectivity index (χ1) is 13.8. The molecule has 3 saturated heterocycles. The average Bonchev–Trinajstić information content (AvgIpc) is 3.59. The zero-order valence-electron chi connectivity index (χ0n) is 18.1. The Morgan fingerprint density at radius 1 is 1.28 bits per heavy atom. The van der Waals surface area contributed by atoms with Crippen molar-refractivity contribution >= 4 is 6.09 Å². The Labute approximate surface area is 173 Å². The van der Waals surface area contributed by atoms with Gasteiger partial charge in [-0.15, -0.1) is 0 Å². The molecule has 29 heavy (non-hydrogen) atoms. The third-order valence-corrected chi connectivity index (χ3v) is 7.21. The van der Waals surface area contributed by atoms with Crippen LogP contribution in [-0.4, -0.2) is 78.5 Å². The van der Waals surface area contributed by atoms with E-state index in [0.717, 1.165) is 25.9 Å². The van der Waals surface area contributed by atoms with Gasteiger partial charge in [0.2, 0.25) is 0 Å². The van der Waals surface area contributed by atoms with Gasteiger partial charge >= 0.3 is 6.09 Å². The molecule has 164 valence electrons. The number of amides is 1. The maximum Gasteiger partial charge on any atom is 0.410 e. The zero-order chi connectivity index (χ0) is 20.8. The predicted molar refractivity (Wildman–Crippen MR) is 107 cm³/mol. The first-order valence-electron chi connectivity index (χ1n) is 10.9. The maximum absolute atomic E-state index is 12.7. The third-order valence-electron chi connectivity index (χ3n) is 7.21. The Morgan fingerprint density at radius 3 is 2.55 bits per heavy atom. The molecule has 1 aliphatic carbocycles. The molecule has 4 aliphatic rings. The highest BCUT2D eigenvalue weighted by Crippen LogP contribution is 2.59. The first kappa shape index (κ1) is 21.1. The van der Waals surface area contributed by atoms with Gasteiger partial charge in [0.1, 0.15) is 23.4 Å². The summed E-state index contributed by atoms with van der Waals surface area (Å²) in [5.41, 5.74) is 0.738. The fourth-order valence-electron chi connectivity index (χ4n) is 5.32. The van der Waals surface area contributed by atoms with Gasteiger partial charge in [-0.3, -0.25) is 0 Å². The van der Waals surface area contributed by atoms with Gasteiger partial charge < -0.3 is 29.0 Å². The van der Waals surface area contributed by atoms with E-state index >= 15 is 0 Å². The van der Waals surface area contributed by atoms with Crippen LogP contribution in [0.25, 0.3) is 0 Å². The summed E-state index contributed by atoms with van der Waals surface area (Å²) in [7, 11) is 1.69. The number of hydrogen-bond acceptors (Lipinski definition) is 6. The molecule has 0 bridgehead atoms. The number of nitrogens with zero attached hydrogens (tertiary/aromatic N) is 1. The Kier molecular flexibility index (Phi) is 5.70. The van der Waals surface area contributed by atoms with Gasteiger partial charge in [0.15, 0.2) is 0 Å². The molecule has 6 unspecified atom stereocenters. The van der Waals surface area contributed by atoms with E-state index in [1.54, 1.807) is 12.0 Å². The zero-order valence-corrected chi connectivity index (χ0v) is 18.1. The molecular formula is C22H35NO6. The van der Waals surface area contributed by atoms with E-state index in [4.69, 9.17) is 18.9 Å². The minimum absolute atomic E-state index is 0.0327. The lowest BCUT2D eigenvalue weighted by Gasteiger charge is -2.43. The highest BCUT2D eigenvalue weighted by Gasteiger charge is 2.72. The van der Waals surface area contributed by atoms with Gasteiger partial charge in [-0.25, -0.2) is 4.79 Å². The fraction of sp³-hybridized carbons (Fsp3) is 0.864. The topological polar surface area (TPSA) is 84.1 Å². The molecule has 0 aromatic rings. The minimum Gasteiger partial charge on any atom is -0.443 e. The van der Waals surface area contributed by atoms with Crippen LogP contribution in [0.5, 0.6) is 0 Å². The van der Waals surface area contributed by atoms with Crippen LogP contribution < -0.4 is 0 Å². The molecular weight excluding hydrogens is 374 g/mol. The number of carbonyl (C=O) groups is 1. The number of aliphatic hydroxyl groups excluding tert-OH is 1. The van der Waals surface area contributed by atoms with Crippen LogP contribution in [0.15, 0.2) is 11.6 Å². The van der Waals surface area contributed by atoms with Crippen molar-refractivity contribution in [2.45, 2.75) is 88.5 Å². The van der Waals surface area contributed by atoms with E-state index in [1.807, 2.05) is 0 Å². The summed E-state index contributed by atoms with van der Waals surface area (Å²) in [5, 5.41) is 9.68. The van der Waals surface area contributed by atoms with E-state index in [0.29, 0.717) is 25.9 Å². The molecule has 0 aromatic heterocycles. The van der Waals surface area contributed by atoms with Crippen molar-refractivity contribution < 1.29 is 28.8 Å². The smallest absolute Gasteiger partial charge is 0.410 e. The number of allylic oxidation sites excluding steroid dienone is 1. The maximum atomic E-state index is 12.7. The van der Waals surface area contributed by atoms with E-state index in [2.05, 4.69) is 26.8 Å². The number of piperidine rings is 1. The quantitative estimate of drug-likeness (QED) is 0.555. The fourth-order valence-corrected chi connectivity index (χ4v) is 5.32. The second-order valence-electron chi connectivity index (χ2n) is 9.52. The third kappa shape index (κ3) is 4.07. The van der Waals surface area contributed by atoms with Crippen LogP contribution in [-0.2, 0) is 18.9 Å². The van der Waals surface area contributed by atoms with Crippen molar-refractivity contribution in [2.75, 3.05) is 26.8 Å². The molecule has 4 fully saturated rings. The van der Waals surface area contributed by atoms with Crippen molar-refractivity contribution in [3.8, 4) is 0 Å². The second-order valence-corrected chi connectivity index (χ2v) is 9.52. The van der Waals surface area contributed by atoms with Crippen LogP contribution >= 0.6 is 0 Å². The molecule has 0 aromatic carbocycles. The number of rotatable bonds is 5. The molecule has 6 atom stereocenters. The van der Waals surface area contributed by atoms with Gasteiger partial charge in [-0.1, -0.05) is 11.6 Å². The number of ether oxygens (including phenoxy) is 4. The highest BCUT2D eigenvalue weighted by atomic mass is 16.6. The van der Waals surface area contributed by atoms with Crippen LogP contribution in [0.3, 0.4) is 0 Å². The van der Waals surface area contributed by atoms with E-state index in [-0.39, 0.29) is 47.6 Å². The molecule has 7 heteroatoms. The van der Waals surface area contributed by atoms with Gasteiger partial charge in [0.25, 0.3) is 0 Å². The number of epoxide rings is 2. The van der Waals surface area contributed by atoms with Gasteiger partial charge in [-0.2, -0.15) is 0 Å². The lowest BCUT2D eigenvalue weighted by molar-refractivity contribution is -0.122. The minimum atomic E-state index is -0.330. The van der Waals surface area contributed by atoms with Crippen LogP contribution in [0.2, 0.25) is 0 Å². The molecule has 1 N–H and O–H groups in total. The molecule has 1 amide bonds. The van der Waals surface area contributed by atoms with Crippen molar-refractivity contribution in [2.24, 2.45) is 5.92 Å². The SMILES string of the molecule is COC1C(OC(=O)N2CCC(O)CC2)CCC2(CO2)C1C1(C)OC1CC=C(C)C. The first-order valence-corrected chi connectivity index (χ1v) is 10.9. The van der Waals surface area contributed by atoms with Gasteiger partial charge in [0.05, 0.1) is 24.7 Å². The van der Waals surface area contributed by atoms with Crippen LogP contribution in [0.1, 0.15) is 52.9 Å².